The van der Waals surface area contributed by atoms with Crippen molar-refractivity contribution in [1.82, 2.24) is 20.4 Å². The van der Waals surface area contributed by atoms with Crippen molar-refractivity contribution < 1.29 is 4.79 Å². The van der Waals surface area contributed by atoms with Crippen molar-refractivity contribution in [2.75, 3.05) is 19.6 Å². The number of rotatable bonds is 5. The van der Waals surface area contributed by atoms with Gasteiger partial charge in [0, 0.05) is 25.2 Å². The van der Waals surface area contributed by atoms with Crippen LogP contribution < -0.4 is 10.6 Å². The second-order valence-electron chi connectivity index (χ2n) is 6.34. The van der Waals surface area contributed by atoms with E-state index in [1.807, 2.05) is 25.6 Å². The van der Waals surface area contributed by atoms with Gasteiger partial charge in [-0.05, 0) is 57.7 Å². The molecule has 5 nitrogen and oxygen atoms in total. The molecule has 1 fully saturated rings. The second kappa shape index (κ2) is 7.07. The third kappa shape index (κ3) is 4.06. The van der Waals surface area contributed by atoms with Crippen LogP contribution in [0.1, 0.15) is 36.7 Å². The van der Waals surface area contributed by atoms with Gasteiger partial charge in [-0.2, -0.15) is 5.10 Å². The van der Waals surface area contributed by atoms with Crippen LogP contribution in [0.4, 0.5) is 0 Å². The van der Waals surface area contributed by atoms with Gasteiger partial charge in [-0.25, -0.2) is 0 Å². The number of carbonyl (C=O) groups excluding carboxylic acids is 1. The standard InChI is InChI=1S/C16H28N4O/c1-11(8-15-12(2)19-20(4)13(15)3)16(21)18-10-14-6-5-7-17-9-14/h11,14,17H,5-10H2,1-4H3,(H,18,21). The Balaban J connectivity index is 1.84. The third-order valence-corrected chi connectivity index (χ3v) is 4.58. The highest BCUT2D eigenvalue weighted by atomic mass is 16.1. The molecule has 2 rings (SSSR count). The van der Waals surface area contributed by atoms with E-state index in [-0.39, 0.29) is 11.8 Å². The number of hydrogen-bond donors (Lipinski definition) is 2. The van der Waals surface area contributed by atoms with Crippen molar-refractivity contribution in [3.63, 3.8) is 0 Å². The SMILES string of the molecule is Cc1nn(C)c(C)c1CC(C)C(=O)NCC1CCCNC1. The smallest absolute Gasteiger partial charge is 0.223 e. The molecule has 118 valence electrons. The van der Waals surface area contributed by atoms with Crippen LogP contribution in [0.25, 0.3) is 0 Å². The number of amides is 1. The zero-order chi connectivity index (χ0) is 15.4. The molecular weight excluding hydrogens is 264 g/mol. The van der Waals surface area contributed by atoms with Crippen LogP contribution in [0, 0.1) is 25.7 Å². The van der Waals surface area contributed by atoms with Crippen molar-refractivity contribution in [2.24, 2.45) is 18.9 Å². The maximum absolute atomic E-state index is 12.3. The molecule has 0 aliphatic carbocycles. The number of nitrogens with one attached hydrogen (secondary N) is 2. The monoisotopic (exact) mass is 292 g/mol. The molecule has 2 heterocycles. The Kier molecular flexibility index (Phi) is 5.39. The van der Waals surface area contributed by atoms with Gasteiger partial charge in [0.05, 0.1) is 5.69 Å². The van der Waals surface area contributed by atoms with Gasteiger partial charge in [0.1, 0.15) is 0 Å². The van der Waals surface area contributed by atoms with E-state index in [2.05, 4.69) is 22.7 Å². The van der Waals surface area contributed by atoms with Gasteiger partial charge in [-0.1, -0.05) is 6.92 Å². The molecular formula is C16H28N4O. The molecule has 21 heavy (non-hydrogen) atoms. The van der Waals surface area contributed by atoms with Crippen LogP contribution in [0.5, 0.6) is 0 Å². The van der Waals surface area contributed by atoms with Gasteiger partial charge in [0.25, 0.3) is 0 Å². The molecule has 0 saturated carbocycles. The predicted molar refractivity (Wildman–Crippen MR) is 84.2 cm³/mol. The van der Waals surface area contributed by atoms with E-state index in [4.69, 9.17) is 0 Å². The summed E-state index contributed by atoms with van der Waals surface area (Å²) in [4.78, 5) is 12.3. The van der Waals surface area contributed by atoms with Crippen molar-refractivity contribution in [3.8, 4) is 0 Å². The molecule has 5 heteroatoms. The molecule has 2 unspecified atom stereocenters. The first-order valence-electron chi connectivity index (χ1n) is 7.96. The summed E-state index contributed by atoms with van der Waals surface area (Å²) < 4.78 is 1.89. The summed E-state index contributed by atoms with van der Waals surface area (Å²) in [6.07, 6.45) is 3.19. The molecule has 1 aliphatic heterocycles. The maximum atomic E-state index is 12.3. The van der Waals surface area contributed by atoms with Gasteiger partial charge in [-0.15, -0.1) is 0 Å². The van der Waals surface area contributed by atoms with E-state index < -0.39 is 0 Å². The molecule has 0 bridgehead atoms. The largest absolute Gasteiger partial charge is 0.356 e. The third-order valence-electron chi connectivity index (χ3n) is 4.58. The lowest BCUT2D eigenvalue weighted by molar-refractivity contribution is -0.124. The number of piperidine rings is 1. The Morgan fingerprint density at radius 3 is 2.86 bits per heavy atom. The van der Waals surface area contributed by atoms with Crippen molar-refractivity contribution in [1.29, 1.82) is 0 Å². The summed E-state index contributed by atoms with van der Waals surface area (Å²) in [7, 11) is 1.95. The fourth-order valence-electron chi connectivity index (χ4n) is 3.03. The minimum absolute atomic E-state index is 0.0110. The van der Waals surface area contributed by atoms with Crippen molar-refractivity contribution in [2.45, 2.75) is 40.0 Å². The summed E-state index contributed by atoms with van der Waals surface area (Å²) in [6, 6.07) is 0. The Hall–Kier alpha value is -1.36. The van der Waals surface area contributed by atoms with Crippen LogP contribution >= 0.6 is 0 Å². The van der Waals surface area contributed by atoms with Crippen molar-refractivity contribution >= 4 is 5.91 Å². The highest BCUT2D eigenvalue weighted by Crippen LogP contribution is 2.17. The van der Waals surface area contributed by atoms with Crippen LogP contribution in [-0.4, -0.2) is 35.3 Å². The Bertz CT molecular complexity index is 489. The first-order chi connectivity index (χ1) is 9.99. The fraction of sp³-hybridized carbons (Fsp3) is 0.750. The van der Waals surface area contributed by atoms with Gasteiger partial charge < -0.3 is 10.6 Å². The van der Waals surface area contributed by atoms with Gasteiger partial charge >= 0.3 is 0 Å². The number of aryl methyl sites for hydroxylation is 2. The lowest BCUT2D eigenvalue weighted by atomic mass is 9.97. The lowest BCUT2D eigenvalue weighted by Gasteiger charge is -2.23. The minimum atomic E-state index is -0.0110. The van der Waals surface area contributed by atoms with Gasteiger partial charge in [0.2, 0.25) is 5.91 Å². The van der Waals surface area contributed by atoms with Crippen LogP contribution in [0.3, 0.4) is 0 Å². The normalized spacial score (nSPS) is 20.3. The molecule has 0 radical (unpaired) electrons. The van der Waals surface area contributed by atoms with Crippen molar-refractivity contribution in [3.05, 3.63) is 17.0 Å². The van der Waals surface area contributed by atoms with E-state index in [0.29, 0.717) is 5.92 Å². The van der Waals surface area contributed by atoms with E-state index >= 15 is 0 Å². The molecule has 1 amide bonds. The first kappa shape index (κ1) is 16.0. The lowest BCUT2D eigenvalue weighted by Crippen LogP contribution is -2.40. The number of hydrogen-bond acceptors (Lipinski definition) is 3. The average molecular weight is 292 g/mol. The molecule has 2 N–H and O–H groups in total. The topological polar surface area (TPSA) is 59.0 Å². The Labute approximate surface area is 127 Å². The Morgan fingerprint density at radius 2 is 2.29 bits per heavy atom. The Morgan fingerprint density at radius 1 is 1.52 bits per heavy atom. The minimum Gasteiger partial charge on any atom is -0.356 e. The predicted octanol–water partition coefficient (Wildman–Crippen LogP) is 1.33. The zero-order valence-corrected chi connectivity index (χ0v) is 13.7. The molecule has 2 atom stereocenters. The summed E-state index contributed by atoms with van der Waals surface area (Å²) in [5, 5.41) is 10.9. The van der Waals surface area contributed by atoms with E-state index in [9.17, 15) is 4.79 Å². The molecule has 1 aromatic rings. The van der Waals surface area contributed by atoms with E-state index in [0.717, 1.165) is 37.4 Å². The summed E-state index contributed by atoms with van der Waals surface area (Å²) >= 11 is 0. The first-order valence-corrected chi connectivity index (χ1v) is 7.96. The highest BCUT2D eigenvalue weighted by molar-refractivity contribution is 5.78. The highest BCUT2D eigenvalue weighted by Gasteiger charge is 2.20. The van der Waals surface area contributed by atoms with Gasteiger partial charge in [-0.3, -0.25) is 9.48 Å². The maximum Gasteiger partial charge on any atom is 0.223 e. The van der Waals surface area contributed by atoms with Crippen LogP contribution in [-0.2, 0) is 18.3 Å². The molecule has 0 aromatic carbocycles. The molecule has 0 spiro atoms. The molecule has 1 saturated heterocycles. The average Bonchev–Trinajstić information content (AvgIpc) is 2.72. The fourth-order valence-corrected chi connectivity index (χ4v) is 3.03. The number of aromatic nitrogens is 2. The molecule has 1 aromatic heterocycles. The quantitative estimate of drug-likeness (QED) is 0.861. The number of carbonyl (C=O) groups is 1. The van der Waals surface area contributed by atoms with Gasteiger partial charge in [0.15, 0.2) is 0 Å². The van der Waals surface area contributed by atoms with Crippen LogP contribution in [0.2, 0.25) is 0 Å². The molecule has 1 aliphatic rings. The summed E-state index contributed by atoms with van der Waals surface area (Å²) in [5.41, 5.74) is 3.40. The zero-order valence-electron chi connectivity index (χ0n) is 13.7. The van der Waals surface area contributed by atoms with Crippen LogP contribution in [0.15, 0.2) is 0 Å². The summed E-state index contributed by atoms with van der Waals surface area (Å²) in [5.74, 6) is 0.725. The second-order valence-corrected chi connectivity index (χ2v) is 6.34. The van der Waals surface area contributed by atoms with E-state index in [1.165, 1.54) is 18.4 Å². The summed E-state index contributed by atoms with van der Waals surface area (Å²) in [6.45, 7) is 9.01. The van der Waals surface area contributed by atoms with E-state index in [1.54, 1.807) is 0 Å². The number of nitrogens with zero attached hydrogens (tertiary/aromatic N) is 2.